The normalized spacial score (nSPS) is 11.3. The van der Waals surface area contributed by atoms with E-state index in [1.807, 2.05) is 13.0 Å². The Bertz CT molecular complexity index is 299. The van der Waals surface area contributed by atoms with Crippen LogP contribution in [0.15, 0.2) is 18.2 Å². The van der Waals surface area contributed by atoms with Gasteiger partial charge in [-0.2, -0.15) is 0 Å². The lowest BCUT2D eigenvalue weighted by Crippen LogP contribution is -2.32. The van der Waals surface area contributed by atoms with Crippen LogP contribution in [-0.4, -0.2) is 27.8 Å². The molecule has 2 nitrogen and oxygen atoms in total. The van der Waals surface area contributed by atoms with Gasteiger partial charge in [0.05, 0.1) is 5.69 Å². The second-order valence-electron chi connectivity index (χ2n) is 4.02. The van der Waals surface area contributed by atoms with Gasteiger partial charge in [0.2, 0.25) is 0 Å². The summed E-state index contributed by atoms with van der Waals surface area (Å²) in [5, 5.41) is 1.01. The van der Waals surface area contributed by atoms with Gasteiger partial charge in [-0.05, 0) is 32.9 Å². The monoisotopic (exact) mass is 270 g/mol. The van der Waals surface area contributed by atoms with Gasteiger partial charge in [-0.15, -0.1) is 0 Å². The minimum atomic E-state index is 0.560. The quantitative estimate of drug-likeness (QED) is 0.765. The molecular weight excluding hydrogens is 252 g/mol. The van der Waals surface area contributed by atoms with E-state index in [4.69, 9.17) is 0 Å². The van der Waals surface area contributed by atoms with E-state index in [2.05, 4.69) is 51.8 Å². The van der Waals surface area contributed by atoms with Crippen molar-refractivity contribution in [1.82, 2.24) is 9.88 Å². The summed E-state index contributed by atoms with van der Waals surface area (Å²) in [7, 11) is 0. The van der Waals surface area contributed by atoms with E-state index in [1.54, 1.807) is 0 Å². The SMILES string of the molecule is Cc1cccc(CN(CCBr)C(C)C)n1. The zero-order chi connectivity index (χ0) is 11.3. The van der Waals surface area contributed by atoms with Crippen molar-refractivity contribution in [2.75, 3.05) is 11.9 Å². The first-order valence-electron chi connectivity index (χ1n) is 5.36. The first-order valence-corrected chi connectivity index (χ1v) is 6.48. The third-order valence-electron chi connectivity index (χ3n) is 2.41. The molecular formula is C12H19BrN2. The van der Waals surface area contributed by atoms with Crippen molar-refractivity contribution in [3.63, 3.8) is 0 Å². The molecule has 3 heteroatoms. The molecule has 1 rings (SSSR count). The highest BCUT2D eigenvalue weighted by Gasteiger charge is 2.09. The van der Waals surface area contributed by atoms with E-state index in [-0.39, 0.29) is 0 Å². The van der Waals surface area contributed by atoms with E-state index < -0.39 is 0 Å². The molecule has 1 aromatic rings. The van der Waals surface area contributed by atoms with Crippen LogP contribution in [-0.2, 0) is 6.54 Å². The zero-order valence-electron chi connectivity index (χ0n) is 9.70. The highest BCUT2D eigenvalue weighted by Crippen LogP contribution is 2.07. The second kappa shape index (κ2) is 6.23. The summed E-state index contributed by atoms with van der Waals surface area (Å²) in [4.78, 5) is 6.93. The van der Waals surface area contributed by atoms with Crippen LogP contribution in [0.2, 0.25) is 0 Å². The number of halogens is 1. The van der Waals surface area contributed by atoms with Gasteiger partial charge < -0.3 is 0 Å². The van der Waals surface area contributed by atoms with Crippen LogP contribution in [0.4, 0.5) is 0 Å². The average Bonchev–Trinajstić information content (AvgIpc) is 2.17. The second-order valence-corrected chi connectivity index (χ2v) is 4.82. The maximum Gasteiger partial charge on any atom is 0.0547 e. The Morgan fingerprint density at radius 3 is 2.67 bits per heavy atom. The lowest BCUT2D eigenvalue weighted by atomic mass is 10.2. The van der Waals surface area contributed by atoms with Crippen molar-refractivity contribution in [2.24, 2.45) is 0 Å². The number of pyridine rings is 1. The van der Waals surface area contributed by atoms with Crippen molar-refractivity contribution < 1.29 is 0 Å². The third-order valence-corrected chi connectivity index (χ3v) is 2.77. The number of nitrogens with zero attached hydrogens (tertiary/aromatic N) is 2. The molecule has 0 aliphatic rings. The Balaban J connectivity index is 2.65. The highest BCUT2D eigenvalue weighted by molar-refractivity contribution is 9.09. The number of rotatable bonds is 5. The molecule has 15 heavy (non-hydrogen) atoms. The molecule has 0 spiro atoms. The lowest BCUT2D eigenvalue weighted by Gasteiger charge is -2.25. The molecule has 0 radical (unpaired) electrons. The molecule has 1 heterocycles. The summed E-state index contributed by atoms with van der Waals surface area (Å²) in [5.74, 6) is 0. The van der Waals surface area contributed by atoms with Crippen molar-refractivity contribution in [1.29, 1.82) is 0 Å². The highest BCUT2D eigenvalue weighted by atomic mass is 79.9. The summed E-state index contributed by atoms with van der Waals surface area (Å²) in [6, 6.07) is 6.76. The summed E-state index contributed by atoms with van der Waals surface area (Å²) in [5.41, 5.74) is 2.25. The van der Waals surface area contributed by atoms with E-state index in [9.17, 15) is 0 Å². The summed E-state index contributed by atoms with van der Waals surface area (Å²) < 4.78 is 0. The largest absolute Gasteiger partial charge is 0.294 e. The van der Waals surface area contributed by atoms with Crippen LogP contribution in [0, 0.1) is 6.92 Å². The van der Waals surface area contributed by atoms with Gasteiger partial charge in [-0.3, -0.25) is 9.88 Å². The topological polar surface area (TPSA) is 16.1 Å². The summed E-state index contributed by atoms with van der Waals surface area (Å²) >= 11 is 3.48. The maximum absolute atomic E-state index is 4.52. The summed E-state index contributed by atoms with van der Waals surface area (Å²) in [6.07, 6.45) is 0. The lowest BCUT2D eigenvalue weighted by molar-refractivity contribution is 0.225. The van der Waals surface area contributed by atoms with Crippen molar-refractivity contribution >= 4 is 15.9 Å². The van der Waals surface area contributed by atoms with Crippen LogP contribution in [0.25, 0.3) is 0 Å². The van der Waals surface area contributed by atoms with Crippen LogP contribution < -0.4 is 0 Å². The Labute approximate surface area is 101 Å². The fraction of sp³-hybridized carbons (Fsp3) is 0.583. The molecule has 0 amide bonds. The molecule has 0 aliphatic carbocycles. The van der Waals surface area contributed by atoms with Gasteiger partial charge in [0.25, 0.3) is 0 Å². The van der Waals surface area contributed by atoms with Crippen LogP contribution in [0.3, 0.4) is 0 Å². The number of hydrogen-bond acceptors (Lipinski definition) is 2. The van der Waals surface area contributed by atoms with Gasteiger partial charge in [-0.1, -0.05) is 22.0 Å². The van der Waals surface area contributed by atoms with E-state index in [1.165, 1.54) is 0 Å². The van der Waals surface area contributed by atoms with E-state index in [0.29, 0.717) is 6.04 Å². The van der Waals surface area contributed by atoms with Gasteiger partial charge >= 0.3 is 0 Å². The molecule has 0 fully saturated rings. The van der Waals surface area contributed by atoms with Crippen LogP contribution in [0.5, 0.6) is 0 Å². The fourth-order valence-corrected chi connectivity index (χ4v) is 1.98. The molecule has 0 unspecified atom stereocenters. The number of aromatic nitrogens is 1. The van der Waals surface area contributed by atoms with Crippen LogP contribution >= 0.6 is 15.9 Å². The first kappa shape index (κ1) is 12.7. The van der Waals surface area contributed by atoms with Gasteiger partial charge in [0, 0.05) is 30.2 Å². The van der Waals surface area contributed by atoms with E-state index >= 15 is 0 Å². The first-order chi connectivity index (χ1) is 7.13. The summed E-state index contributed by atoms with van der Waals surface area (Å²) in [6.45, 7) is 8.48. The molecule has 0 aliphatic heterocycles. The molecule has 0 saturated heterocycles. The van der Waals surface area contributed by atoms with Gasteiger partial charge in [-0.25, -0.2) is 0 Å². The van der Waals surface area contributed by atoms with Crippen molar-refractivity contribution in [3.05, 3.63) is 29.6 Å². The predicted octanol–water partition coefficient (Wildman–Crippen LogP) is 3.00. The maximum atomic E-state index is 4.52. The predicted molar refractivity (Wildman–Crippen MR) is 68.3 cm³/mol. The van der Waals surface area contributed by atoms with Gasteiger partial charge in [0.1, 0.15) is 0 Å². The Hall–Kier alpha value is -0.410. The van der Waals surface area contributed by atoms with Gasteiger partial charge in [0.15, 0.2) is 0 Å². The molecule has 0 aromatic carbocycles. The molecule has 0 saturated carbocycles. The standard InChI is InChI=1S/C12H19BrN2/c1-10(2)15(8-7-13)9-12-6-4-5-11(3)14-12/h4-6,10H,7-9H2,1-3H3. The average molecular weight is 271 g/mol. The number of aryl methyl sites for hydroxylation is 1. The minimum absolute atomic E-state index is 0.560. The molecule has 84 valence electrons. The van der Waals surface area contributed by atoms with E-state index in [0.717, 1.165) is 29.8 Å². The number of hydrogen-bond donors (Lipinski definition) is 0. The fourth-order valence-electron chi connectivity index (χ4n) is 1.52. The Morgan fingerprint density at radius 1 is 1.40 bits per heavy atom. The minimum Gasteiger partial charge on any atom is -0.294 e. The van der Waals surface area contributed by atoms with Crippen LogP contribution in [0.1, 0.15) is 25.2 Å². The third kappa shape index (κ3) is 4.31. The van der Waals surface area contributed by atoms with Crippen molar-refractivity contribution in [2.45, 2.75) is 33.4 Å². The molecule has 1 aromatic heterocycles. The number of alkyl halides is 1. The molecule has 0 atom stereocenters. The van der Waals surface area contributed by atoms with Crippen molar-refractivity contribution in [3.8, 4) is 0 Å². The molecule has 0 N–H and O–H groups in total. The molecule has 0 bridgehead atoms. The smallest absolute Gasteiger partial charge is 0.0547 e. The zero-order valence-corrected chi connectivity index (χ0v) is 11.3. The Morgan fingerprint density at radius 2 is 2.13 bits per heavy atom. The Kier molecular flexibility index (Phi) is 5.26.